The van der Waals surface area contributed by atoms with Gasteiger partial charge in [0.2, 0.25) is 10.0 Å². The number of aryl methyl sites for hydroxylation is 1. The third kappa shape index (κ3) is 3.05. The molecule has 6 heteroatoms. The SMILES string of the molecule is CCN(c1cccc(C)c1)S(=O)(=O)C1CCCC1C(=O)O. The lowest BCUT2D eigenvalue weighted by Gasteiger charge is -2.28. The van der Waals surface area contributed by atoms with E-state index in [0.717, 1.165) is 5.56 Å². The minimum Gasteiger partial charge on any atom is -0.481 e. The van der Waals surface area contributed by atoms with Crippen molar-refractivity contribution in [3.8, 4) is 0 Å². The van der Waals surface area contributed by atoms with Crippen molar-refractivity contribution in [3.05, 3.63) is 29.8 Å². The number of benzene rings is 1. The molecule has 2 rings (SSSR count). The summed E-state index contributed by atoms with van der Waals surface area (Å²) >= 11 is 0. The molecule has 0 bridgehead atoms. The van der Waals surface area contributed by atoms with Crippen molar-refractivity contribution in [2.45, 2.75) is 38.4 Å². The summed E-state index contributed by atoms with van der Waals surface area (Å²) in [5.74, 6) is -1.81. The van der Waals surface area contributed by atoms with E-state index in [4.69, 9.17) is 0 Å². The van der Waals surface area contributed by atoms with Gasteiger partial charge in [-0.2, -0.15) is 0 Å². The molecule has 0 aliphatic heterocycles. The van der Waals surface area contributed by atoms with E-state index in [9.17, 15) is 18.3 Å². The maximum atomic E-state index is 12.9. The number of sulfonamides is 1. The molecule has 0 aromatic heterocycles. The van der Waals surface area contributed by atoms with E-state index >= 15 is 0 Å². The van der Waals surface area contributed by atoms with E-state index in [0.29, 0.717) is 31.5 Å². The Kier molecular flexibility index (Phi) is 4.56. The van der Waals surface area contributed by atoms with Gasteiger partial charge in [-0.1, -0.05) is 18.6 Å². The maximum absolute atomic E-state index is 12.9. The van der Waals surface area contributed by atoms with E-state index in [2.05, 4.69) is 0 Å². The molecule has 1 N–H and O–H groups in total. The zero-order valence-electron chi connectivity index (χ0n) is 12.3. The molecule has 2 atom stereocenters. The Bertz CT molecular complexity index is 626. The first kappa shape index (κ1) is 15.8. The lowest BCUT2D eigenvalue weighted by molar-refractivity contribution is -0.141. The number of aliphatic carboxylic acids is 1. The van der Waals surface area contributed by atoms with Crippen LogP contribution in [0.3, 0.4) is 0 Å². The fourth-order valence-electron chi connectivity index (χ4n) is 3.02. The minimum absolute atomic E-state index is 0.300. The zero-order valence-corrected chi connectivity index (χ0v) is 13.1. The molecule has 1 aromatic rings. The van der Waals surface area contributed by atoms with Gasteiger partial charge in [0, 0.05) is 6.54 Å². The van der Waals surface area contributed by atoms with Crippen molar-refractivity contribution in [1.82, 2.24) is 0 Å². The number of carboxylic acids is 1. The van der Waals surface area contributed by atoms with Crippen molar-refractivity contribution in [2.24, 2.45) is 5.92 Å². The lowest BCUT2D eigenvalue weighted by atomic mass is 10.1. The largest absolute Gasteiger partial charge is 0.481 e. The van der Waals surface area contributed by atoms with Gasteiger partial charge in [0.25, 0.3) is 0 Å². The van der Waals surface area contributed by atoms with Crippen LogP contribution in [-0.4, -0.2) is 31.3 Å². The summed E-state index contributed by atoms with van der Waals surface area (Å²) < 4.78 is 27.0. The monoisotopic (exact) mass is 311 g/mol. The first-order valence-electron chi connectivity index (χ1n) is 7.19. The van der Waals surface area contributed by atoms with E-state index < -0.39 is 27.2 Å². The van der Waals surface area contributed by atoms with Gasteiger partial charge in [0.1, 0.15) is 0 Å². The average molecular weight is 311 g/mol. The molecule has 1 saturated carbocycles. The predicted octanol–water partition coefficient (Wildman–Crippen LogP) is 2.40. The Labute approximate surface area is 125 Å². The molecule has 0 heterocycles. The summed E-state index contributed by atoms with van der Waals surface area (Å²) in [6.07, 6.45) is 1.50. The molecule has 1 aliphatic rings. The molecular formula is C15H21NO4S. The smallest absolute Gasteiger partial charge is 0.307 e. The van der Waals surface area contributed by atoms with Crippen LogP contribution in [0.2, 0.25) is 0 Å². The van der Waals surface area contributed by atoms with E-state index in [-0.39, 0.29) is 0 Å². The highest BCUT2D eigenvalue weighted by Crippen LogP contribution is 2.35. The van der Waals surface area contributed by atoms with Gasteiger partial charge >= 0.3 is 5.97 Å². The Hall–Kier alpha value is -1.56. The zero-order chi connectivity index (χ0) is 15.6. The fourth-order valence-corrected chi connectivity index (χ4v) is 5.25. The fraction of sp³-hybridized carbons (Fsp3) is 0.533. The van der Waals surface area contributed by atoms with Crippen LogP contribution in [0.15, 0.2) is 24.3 Å². The molecule has 5 nitrogen and oxygen atoms in total. The normalized spacial score (nSPS) is 22.2. The van der Waals surface area contributed by atoms with Crippen LogP contribution in [0.4, 0.5) is 5.69 Å². The van der Waals surface area contributed by atoms with Crippen LogP contribution in [-0.2, 0) is 14.8 Å². The standard InChI is InChI=1S/C15H21NO4S/c1-3-16(12-7-4-6-11(2)10-12)21(19,20)14-9-5-8-13(14)15(17)18/h4,6-7,10,13-14H,3,5,8-9H2,1-2H3,(H,17,18). The second kappa shape index (κ2) is 6.05. The molecule has 0 radical (unpaired) electrons. The molecule has 21 heavy (non-hydrogen) atoms. The third-order valence-corrected chi connectivity index (χ3v) is 6.45. The maximum Gasteiger partial charge on any atom is 0.307 e. The molecule has 1 fully saturated rings. The quantitative estimate of drug-likeness (QED) is 0.906. The van der Waals surface area contributed by atoms with Gasteiger partial charge < -0.3 is 5.11 Å². The summed E-state index contributed by atoms with van der Waals surface area (Å²) in [7, 11) is -3.66. The highest BCUT2D eigenvalue weighted by atomic mass is 32.2. The number of hydrogen-bond donors (Lipinski definition) is 1. The van der Waals surface area contributed by atoms with Gasteiger partial charge in [0.05, 0.1) is 16.9 Å². The number of carboxylic acid groups (broad SMARTS) is 1. The second-order valence-electron chi connectivity index (χ2n) is 5.46. The number of carbonyl (C=O) groups is 1. The van der Waals surface area contributed by atoms with Gasteiger partial charge in [-0.25, -0.2) is 8.42 Å². The molecule has 0 saturated heterocycles. The van der Waals surface area contributed by atoms with Gasteiger partial charge in [0.15, 0.2) is 0 Å². The molecule has 2 unspecified atom stereocenters. The van der Waals surface area contributed by atoms with Crippen LogP contribution >= 0.6 is 0 Å². The molecular weight excluding hydrogens is 290 g/mol. The number of hydrogen-bond acceptors (Lipinski definition) is 3. The van der Waals surface area contributed by atoms with Crippen LogP contribution in [0.1, 0.15) is 31.7 Å². The molecule has 1 aliphatic carbocycles. The van der Waals surface area contributed by atoms with Crippen molar-refractivity contribution >= 4 is 21.7 Å². The molecule has 0 spiro atoms. The first-order chi connectivity index (χ1) is 9.87. The van der Waals surface area contributed by atoms with Gasteiger partial charge in [-0.05, 0) is 44.4 Å². The van der Waals surface area contributed by atoms with Crippen LogP contribution < -0.4 is 4.31 Å². The number of nitrogens with zero attached hydrogens (tertiary/aromatic N) is 1. The number of rotatable bonds is 5. The van der Waals surface area contributed by atoms with E-state index in [1.54, 1.807) is 13.0 Å². The second-order valence-corrected chi connectivity index (χ2v) is 7.54. The summed E-state index contributed by atoms with van der Waals surface area (Å²) in [5.41, 5.74) is 1.58. The Balaban J connectivity index is 2.38. The summed E-state index contributed by atoms with van der Waals surface area (Å²) in [6, 6.07) is 7.27. The highest BCUT2D eigenvalue weighted by Gasteiger charge is 2.44. The lowest BCUT2D eigenvalue weighted by Crippen LogP contribution is -2.42. The molecule has 116 valence electrons. The topological polar surface area (TPSA) is 74.7 Å². The van der Waals surface area contributed by atoms with Crippen LogP contribution in [0, 0.1) is 12.8 Å². The van der Waals surface area contributed by atoms with E-state index in [1.807, 2.05) is 25.1 Å². The Morgan fingerprint density at radius 1 is 1.38 bits per heavy atom. The minimum atomic E-state index is -3.66. The van der Waals surface area contributed by atoms with Crippen molar-refractivity contribution in [3.63, 3.8) is 0 Å². The Morgan fingerprint density at radius 2 is 2.10 bits per heavy atom. The van der Waals surface area contributed by atoms with Gasteiger partial charge in [-0.3, -0.25) is 9.10 Å². The first-order valence-corrected chi connectivity index (χ1v) is 8.69. The van der Waals surface area contributed by atoms with Crippen molar-refractivity contribution < 1.29 is 18.3 Å². The van der Waals surface area contributed by atoms with Crippen molar-refractivity contribution in [1.29, 1.82) is 0 Å². The summed E-state index contributed by atoms with van der Waals surface area (Å²) in [4.78, 5) is 11.3. The molecule has 1 aromatic carbocycles. The highest BCUT2D eigenvalue weighted by molar-refractivity contribution is 7.93. The molecule has 0 amide bonds. The Morgan fingerprint density at radius 3 is 2.67 bits per heavy atom. The van der Waals surface area contributed by atoms with Gasteiger partial charge in [-0.15, -0.1) is 0 Å². The predicted molar refractivity (Wildman–Crippen MR) is 81.9 cm³/mol. The van der Waals surface area contributed by atoms with E-state index in [1.165, 1.54) is 4.31 Å². The summed E-state index contributed by atoms with van der Waals surface area (Å²) in [6.45, 7) is 3.97. The van der Waals surface area contributed by atoms with Crippen LogP contribution in [0.5, 0.6) is 0 Å². The average Bonchev–Trinajstić information content (AvgIpc) is 2.89. The number of anilines is 1. The summed E-state index contributed by atoms with van der Waals surface area (Å²) in [5, 5.41) is 8.41. The van der Waals surface area contributed by atoms with Crippen molar-refractivity contribution in [2.75, 3.05) is 10.8 Å². The third-order valence-electron chi connectivity index (χ3n) is 4.04. The van der Waals surface area contributed by atoms with Crippen LogP contribution in [0.25, 0.3) is 0 Å².